The van der Waals surface area contributed by atoms with Gasteiger partial charge in [-0.05, 0) is 53.4 Å². The number of carbonyl (C=O) groups is 1. The molecule has 4 aromatic rings. The number of nitrogens with zero attached hydrogens (tertiary/aromatic N) is 5. The van der Waals surface area contributed by atoms with Gasteiger partial charge in [0, 0.05) is 32.4 Å². The van der Waals surface area contributed by atoms with E-state index in [1.54, 1.807) is 28.8 Å². The van der Waals surface area contributed by atoms with E-state index in [0.29, 0.717) is 18.1 Å². The van der Waals surface area contributed by atoms with E-state index in [-0.39, 0.29) is 17.5 Å². The van der Waals surface area contributed by atoms with Gasteiger partial charge >= 0.3 is 0 Å². The van der Waals surface area contributed by atoms with Crippen molar-refractivity contribution in [2.24, 2.45) is 0 Å². The second-order valence-corrected chi connectivity index (χ2v) is 9.00. The first kappa shape index (κ1) is 22.2. The molecule has 0 unspecified atom stereocenters. The van der Waals surface area contributed by atoms with Crippen LogP contribution in [0.1, 0.15) is 16.2 Å². The fourth-order valence-electron chi connectivity index (χ4n) is 3.88. The molecule has 1 amide bonds. The van der Waals surface area contributed by atoms with Gasteiger partial charge in [-0.1, -0.05) is 18.2 Å². The Morgan fingerprint density at radius 3 is 2.44 bits per heavy atom. The molecule has 1 fully saturated rings. The average Bonchev–Trinajstić information content (AvgIpc) is 3.55. The molecule has 7 nitrogen and oxygen atoms in total. The van der Waals surface area contributed by atoms with Gasteiger partial charge in [0.25, 0.3) is 5.91 Å². The molecule has 0 atom stereocenters. The number of anilines is 1. The van der Waals surface area contributed by atoms with Crippen LogP contribution in [0.4, 0.5) is 10.1 Å². The first-order chi connectivity index (χ1) is 16.6. The quantitative estimate of drug-likeness (QED) is 0.416. The van der Waals surface area contributed by atoms with Gasteiger partial charge in [-0.2, -0.15) is 0 Å². The number of thiophene rings is 1. The second kappa shape index (κ2) is 9.74. The van der Waals surface area contributed by atoms with Crippen LogP contribution in [0.15, 0.2) is 66.0 Å². The third-order valence-corrected chi connectivity index (χ3v) is 6.56. The van der Waals surface area contributed by atoms with E-state index in [1.807, 2.05) is 29.6 Å². The third-order valence-electron chi connectivity index (χ3n) is 5.69. The van der Waals surface area contributed by atoms with Crippen LogP contribution >= 0.6 is 11.3 Å². The summed E-state index contributed by atoms with van der Waals surface area (Å²) in [6.45, 7) is 3.68. The van der Waals surface area contributed by atoms with Crippen molar-refractivity contribution in [2.45, 2.75) is 6.54 Å². The van der Waals surface area contributed by atoms with E-state index in [0.717, 1.165) is 42.4 Å². The number of rotatable bonds is 6. The van der Waals surface area contributed by atoms with Crippen LogP contribution in [-0.2, 0) is 11.3 Å². The maximum atomic E-state index is 13.4. The lowest BCUT2D eigenvalue weighted by molar-refractivity contribution is 0.0773. The Morgan fingerprint density at radius 1 is 1.06 bits per heavy atom. The van der Waals surface area contributed by atoms with Crippen molar-refractivity contribution < 1.29 is 13.9 Å². The number of amides is 1. The summed E-state index contributed by atoms with van der Waals surface area (Å²) in [5.41, 5.74) is 2.81. The number of carbonyl (C=O) groups excluding carboxylic acids is 1. The predicted molar refractivity (Wildman–Crippen MR) is 130 cm³/mol. The molecule has 2 aromatic carbocycles. The number of benzene rings is 2. The monoisotopic (exact) mass is 477 g/mol. The highest BCUT2D eigenvalue weighted by Crippen LogP contribution is 2.26. The summed E-state index contributed by atoms with van der Waals surface area (Å²) in [6, 6.07) is 18.0. The molecule has 2 aromatic heterocycles. The molecule has 0 saturated carbocycles. The molecule has 1 saturated heterocycles. The minimum absolute atomic E-state index is 0.0974. The predicted octanol–water partition coefficient (Wildman–Crippen LogP) is 4.24. The Kier molecular flexibility index (Phi) is 6.37. The minimum Gasteiger partial charge on any atom is -0.378 e. The van der Waals surface area contributed by atoms with Crippen LogP contribution in [0.2, 0.25) is 0 Å². The number of aromatic nitrogens is 3. The van der Waals surface area contributed by atoms with Crippen LogP contribution in [-0.4, -0.2) is 58.9 Å². The fourth-order valence-corrected chi connectivity index (χ4v) is 4.58. The second-order valence-electron chi connectivity index (χ2n) is 8.05. The van der Waals surface area contributed by atoms with Crippen molar-refractivity contribution in [2.75, 3.05) is 38.3 Å². The molecule has 0 N–H and O–H groups in total. The largest absolute Gasteiger partial charge is 0.378 e. The molecular weight excluding hydrogens is 453 g/mol. The van der Waals surface area contributed by atoms with E-state index < -0.39 is 0 Å². The number of halogens is 1. The standard InChI is InChI=1S/C25H24FN5O2S/c1-29(17-18-4-8-20(9-5-18)30-12-14-33-15-13-30)25(32)23-27-24(22-3-2-16-34-22)31(28-23)21-10-6-19(26)7-11-21/h2-11,16H,12-15,17H2,1H3. The SMILES string of the molecule is CN(Cc1ccc(N2CCOCC2)cc1)C(=O)c1nc(-c2cccs2)n(-c2ccc(F)cc2)n1. The molecule has 34 heavy (non-hydrogen) atoms. The van der Waals surface area contributed by atoms with E-state index >= 15 is 0 Å². The fraction of sp³-hybridized carbons (Fsp3) is 0.240. The molecule has 3 heterocycles. The molecule has 1 aliphatic rings. The highest BCUT2D eigenvalue weighted by atomic mass is 32.1. The zero-order chi connectivity index (χ0) is 23.5. The van der Waals surface area contributed by atoms with Gasteiger partial charge in [0.2, 0.25) is 5.82 Å². The summed E-state index contributed by atoms with van der Waals surface area (Å²) in [6.07, 6.45) is 0. The summed E-state index contributed by atoms with van der Waals surface area (Å²) in [5.74, 6) is 0.0292. The molecule has 0 bridgehead atoms. The van der Waals surface area contributed by atoms with Gasteiger partial charge in [-0.15, -0.1) is 16.4 Å². The van der Waals surface area contributed by atoms with Crippen molar-refractivity contribution in [1.82, 2.24) is 19.7 Å². The van der Waals surface area contributed by atoms with E-state index in [9.17, 15) is 9.18 Å². The summed E-state index contributed by atoms with van der Waals surface area (Å²) < 4.78 is 20.4. The molecule has 0 spiro atoms. The smallest absolute Gasteiger partial charge is 0.293 e. The number of morpholine rings is 1. The maximum Gasteiger partial charge on any atom is 0.293 e. The molecule has 9 heteroatoms. The molecule has 5 rings (SSSR count). The van der Waals surface area contributed by atoms with Gasteiger partial charge in [0.05, 0.1) is 23.8 Å². The summed E-state index contributed by atoms with van der Waals surface area (Å²) in [5, 5.41) is 6.42. The van der Waals surface area contributed by atoms with E-state index in [2.05, 4.69) is 27.1 Å². The van der Waals surface area contributed by atoms with Gasteiger partial charge in [-0.25, -0.2) is 14.1 Å². The third kappa shape index (κ3) is 4.71. The van der Waals surface area contributed by atoms with Crippen LogP contribution in [0.5, 0.6) is 0 Å². The van der Waals surface area contributed by atoms with Crippen molar-refractivity contribution in [3.63, 3.8) is 0 Å². The molecular formula is C25H24FN5O2S. The van der Waals surface area contributed by atoms with Crippen LogP contribution in [0.3, 0.4) is 0 Å². The highest BCUT2D eigenvalue weighted by molar-refractivity contribution is 7.13. The average molecular weight is 478 g/mol. The Morgan fingerprint density at radius 2 is 1.76 bits per heavy atom. The van der Waals surface area contributed by atoms with Crippen molar-refractivity contribution >= 4 is 22.9 Å². The minimum atomic E-state index is -0.336. The van der Waals surface area contributed by atoms with Crippen LogP contribution < -0.4 is 4.90 Å². The van der Waals surface area contributed by atoms with E-state index in [4.69, 9.17) is 4.74 Å². The van der Waals surface area contributed by atoms with Crippen LogP contribution in [0, 0.1) is 5.82 Å². The van der Waals surface area contributed by atoms with Gasteiger partial charge < -0.3 is 14.5 Å². The van der Waals surface area contributed by atoms with Gasteiger partial charge in [0.15, 0.2) is 5.82 Å². The first-order valence-electron chi connectivity index (χ1n) is 11.0. The lowest BCUT2D eigenvalue weighted by atomic mass is 10.1. The maximum absolute atomic E-state index is 13.4. The highest BCUT2D eigenvalue weighted by Gasteiger charge is 2.22. The Labute approximate surface area is 201 Å². The lowest BCUT2D eigenvalue weighted by Gasteiger charge is -2.29. The Balaban J connectivity index is 1.35. The molecule has 0 radical (unpaired) electrons. The van der Waals surface area contributed by atoms with Crippen molar-refractivity contribution in [1.29, 1.82) is 0 Å². The van der Waals surface area contributed by atoms with Gasteiger partial charge in [0.1, 0.15) is 5.82 Å². The van der Waals surface area contributed by atoms with Crippen molar-refractivity contribution in [3.8, 4) is 16.4 Å². The Hall–Kier alpha value is -3.56. The zero-order valence-electron chi connectivity index (χ0n) is 18.7. The number of hydrogen-bond donors (Lipinski definition) is 0. The summed E-state index contributed by atoms with van der Waals surface area (Å²) in [7, 11) is 1.74. The Bertz CT molecular complexity index is 1250. The molecule has 174 valence electrons. The number of ether oxygens (including phenoxy) is 1. The molecule has 0 aliphatic carbocycles. The summed E-state index contributed by atoms with van der Waals surface area (Å²) >= 11 is 1.50. The van der Waals surface area contributed by atoms with E-state index in [1.165, 1.54) is 23.5 Å². The van der Waals surface area contributed by atoms with Crippen LogP contribution in [0.25, 0.3) is 16.4 Å². The topological polar surface area (TPSA) is 63.5 Å². The lowest BCUT2D eigenvalue weighted by Crippen LogP contribution is -2.36. The van der Waals surface area contributed by atoms with Gasteiger partial charge in [-0.3, -0.25) is 4.79 Å². The first-order valence-corrected chi connectivity index (χ1v) is 11.9. The number of hydrogen-bond acceptors (Lipinski definition) is 6. The molecule has 1 aliphatic heterocycles. The normalized spacial score (nSPS) is 13.8. The zero-order valence-corrected chi connectivity index (χ0v) is 19.5. The summed E-state index contributed by atoms with van der Waals surface area (Å²) in [4.78, 5) is 22.5. The van der Waals surface area contributed by atoms with Crippen molar-refractivity contribution in [3.05, 3.63) is 83.2 Å².